The Morgan fingerprint density at radius 1 is 1.41 bits per heavy atom. The van der Waals surface area contributed by atoms with Gasteiger partial charge in [-0.05, 0) is 30.5 Å². The minimum Gasteiger partial charge on any atom is -0.409 e. The highest BCUT2D eigenvalue weighted by Gasteiger charge is 1.96. The molecule has 1 rings (SSSR count). The van der Waals surface area contributed by atoms with Crippen molar-refractivity contribution in [2.75, 3.05) is 6.61 Å². The van der Waals surface area contributed by atoms with Gasteiger partial charge in [0.25, 0.3) is 0 Å². The third kappa shape index (κ3) is 6.14. The van der Waals surface area contributed by atoms with E-state index >= 15 is 0 Å². The predicted molar refractivity (Wildman–Crippen MR) is 68.4 cm³/mol. The fourth-order valence-electron chi connectivity index (χ4n) is 1.38. The van der Waals surface area contributed by atoms with Gasteiger partial charge in [-0.15, -0.1) is 0 Å². The predicted octanol–water partition coefficient (Wildman–Crippen LogP) is 2.77. The van der Waals surface area contributed by atoms with Crippen LogP contribution in [0.1, 0.15) is 24.8 Å². The van der Waals surface area contributed by atoms with Crippen LogP contribution >= 0.6 is 11.6 Å². The molecule has 0 heterocycles. The number of halogens is 1. The molecular weight excluding hydrogens is 240 g/mol. The summed E-state index contributed by atoms with van der Waals surface area (Å²) in [5.41, 5.74) is 6.40. The lowest BCUT2D eigenvalue weighted by Gasteiger charge is -2.04. The second kappa shape index (κ2) is 7.92. The first-order chi connectivity index (χ1) is 8.22. The molecule has 4 nitrogen and oxygen atoms in total. The highest BCUT2D eigenvalue weighted by molar-refractivity contribution is 6.30. The van der Waals surface area contributed by atoms with Gasteiger partial charge >= 0.3 is 0 Å². The largest absolute Gasteiger partial charge is 0.409 e. The standard InChI is InChI=1S/C12H17ClN2O2/c13-11-5-3-4-10(8-11)9-17-7-2-1-6-12(14)15-16/h3-5,8,16H,1-2,6-7,9H2,(H2,14,15). The van der Waals surface area contributed by atoms with E-state index in [-0.39, 0.29) is 5.84 Å². The van der Waals surface area contributed by atoms with Gasteiger partial charge in [0.2, 0.25) is 0 Å². The Labute approximate surface area is 106 Å². The molecule has 0 aliphatic heterocycles. The summed E-state index contributed by atoms with van der Waals surface area (Å²) in [4.78, 5) is 0. The molecule has 1 aromatic rings. The van der Waals surface area contributed by atoms with Gasteiger partial charge < -0.3 is 15.7 Å². The van der Waals surface area contributed by atoms with E-state index in [4.69, 9.17) is 27.3 Å². The number of nitrogens with two attached hydrogens (primary N) is 1. The Morgan fingerprint density at radius 2 is 2.24 bits per heavy atom. The summed E-state index contributed by atoms with van der Waals surface area (Å²) in [6.07, 6.45) is 2.33. The second-order valence-electron chi connectivity index (χ2n) is 3.73. The molecule has 3 N–H and O–H groups in total. The summed E-state index contributed by atoms with van der Waals surface area (Å²) in [6.45, 7) is 1.22. The molecule has 0 aromatic heterocycles. The Morgan fingerprint density at radius 3 is 2.94 bits per heavy atom. The maximum Gasteiger partial charge on any atom is 0.139 e. The molecule has 0 bridgehead atoms. The smallest absolute Gasteiger partial charge is 0.139 e. The van der Waals surface area contributed by atoms with Crippen LogP contribution in [0.3, 0.4) is 0 Å². The average molecular weight is 257 g/mol. The number of oxime groups is 1. The van der Waals surface area contributed by atoms with Crippen LogP contribution in [-0.2, 0) is 11.3 Å². The van der Waals surface area contributed by atoms with Crippen LogP contribution in [-0.4, -0.2) is 17.6 Å². The van der Waals surface area contributed by atoms with Gasteiger partial charge in [0.15, 0.2) is 0 Å². The van der Waals surface area contributed by atoms with E-state index in [1.165, 1.54) is 0 Å². The number of nitrogens with zero attached hydrogens (tertiary/aromatic N) is 1. The number of amidine groups is 1. The van der Waals surface area contributed by atoms with Crippen molar-refractivity contribution in [3.63, 3.8) is 0 Å². The van der Waals surface area contributed by atoms with Crippen LogP contribution in [0.2, 0.25) is 5.02 Å². The van der Waals surface area contributed by atoms with E-state index in [9.17, 15) is 0 Å². The molecule has 0 radical (unpaired) electrons. The van der Waals surface area contributed by atoms with Crippen molar-refractivity contribution in [1.82, 2.24) is 0 Å². The van der Waals surface area contributed by atoms with Crippen LogP contribution in [0.4, 0.5) is 0 Å². The zero-order chi connectivity index (χ0) is 12.5. The molecule has 0 unspecified atom stereocenters. The molecule has 1 aromatic carbocycles. The molecule has 5 heteroatoms. The normalized spacial score (nSPS) is 11.7. The molecule has 0 saturated heterocycles. The van der Waals surface area contributed by atoms with Gasteiger partial charge in [-0.3, -0.25) is 0 Å². The molecule has 17 heavy (non-hydrogen) atoms. The van der Waals surface area contributed by atoms with E-state index in [1.807, 2.05) is 24.3 Å². The van der Waals surface area contributed by atoms with E-state index in [1.54, 1.807) is 0 Å². The van der Waals surface area contributed by atoms with Gasteiger partial charge in [0, 0.05) is 18.1 Å². The first-order valence-corrected chi connectivity index (χ1v) is 5.89. The fourth-order valence-corrected chi connectivity index (χ4v) is 1.59. The van der Waals surface area contributed by atoms with Gasteiger partial charge in [0.05, 0.1) is 6.61 Å². The third-order valence-electron chi connectivity index (χ3n) is 2.26. The SMILES string of the molecule is NC(CCCCOCc1cccc(Cl)c1)=NO. The first-order valence-electron chi connectivity index (χ1n) is 5.51. The van der Waals surface area contributed by atoms with Crippen LogP contribution in [0.15, 0.2) is 29.4 Å². The van der Waals surface area contributed by atoms with E-state index in [0.717, 1.165) is 23.4 Å². The van der Waals surface area contributed by atoms with Crippen molar-refractivity contribution < 1.29 is 9.94 Å². The Kier molecular flexibility index (Phi) is 6.43. The third-order valence-corrected chi connectivity index (χ3v) is 2.49. The van der Waals surface area contributed by atoms with Crippen molar-refractivity contribution in [3.05, 3.63) is 34.9 Å². The van der Waals surface area contributed by atoms with Crippen molar-refractivity contribution in [2.24, 2.45) is 10.9 Å². The fraction of sp³-hybridized carbons (Fsp3) is 0.417. The van der Waals surface area contributed by atoms with Crippen molar-refractivity contribution >= 4 is 17.4 Å². The van der Waals surface area contributed by atoms with Crippen molar-refractivity contribution in [1.29, 1.82) is 0 Å². The molecule has 0 amide bonds. The van der Waals surface area contributed by atoms with Gasteiger partial charge in [-0.1, -0.05) is 28.9 Å². The van der Waals surface area contributed by atoms with Gasteiger partial charge in [0.1, 0.15) is 5.84 Å². The summed E-state index contributed by atoms with van der Waals surface area (Å²) in [5.74, 6) is 0.264. The number of rotatable bonds is 7. The lowest BCUT2D eigenvalue weighted by Crippen LogP contribution is -2.11. The van der Waals surface area contributed by atoms with E-state index in [0.29, 0.717) is 19.6 Å². The topological polar surface area (TPSA) is 67.8 Å². The molecule has 0 spiro atoms. The summed E-state index contributed by atoms with van der Waals surface area (Å²) >= 11 is 5.85. The molecule has 94 valence electrons. The molecule has 0 aliphatic carbocycles. The highest BCUT2D eigenvalue weighted by Crippen LogP contribution is 2.11. The molecule has 0 fully saturated rings. The first kappa shape index (κ1) is 13.8. The monoisotopic (exact) mass is 256 g/mol. The van der Waals surface area contributed by atoms with E-state index < -0.39 is 0 Å². The second-order valence-corrected chi connectivity index (χ2v) is 4.17. The summed E-state index contributed by atoms with van der Waals surface area (Å²) in [5, 5.41) is 12.0. The number of hydrogen-bond donors (Lipinski definition) is 2. The van der Waals surface area contributed by atoms with Crippen LogP contribution in [0.25, 0.3) is 0 Å². The number of benzene rings is 1. The maximum atomic E-state index is 8.33. The maximum absolute atomic E-state index is 8.33. The quantitative estimate of drug-likeness (QED) is 0.259. The van der Waals surface area contributed by atoms with Crippen molar-refractivity contribution in [3.8, 4) is 0 Å². The zero-order valence-electron chi connectivity index (χ0n) is 9.60. The van der Waals surface area contributed by atoms with Crippen LogP contribution in [0, 0.1) is 0 Å². The van der Waals surface area contributed by atoms with Gasteiger partial charge in [-0.2, -0.15) is 0 Å². The molecular formula is C12H17ClN2O2. The minimum absolute atomic E-state index is 0.264. The van der Waals surface area contributed by atoms with Crippen LogP contribution in [0.5, 0.6) is 0 Å². The van der Waals surface area contributed by atoms with E-state index in [2.05, 4.69) is 5.16 Å². The summed E-state index contributed by atoms with van der Waals surface area (Å²) in [7, 11) is 0. The highest BCUT2D eigenvalue weighted by atomic mass is 35.5. The lowest BCUT2D eigenvalue weighted by molar-refractivity contribution is 0.117. The average Bonchev–Trinajstić information content (AvgIpc) is 2.33. The number of hydrogen-bond acceptors (Lipinski definition) is 3. The molecule has 0 atom stereocenters. The number of unbranched alkanes of at least 4 members (excludes halogenated alkanes) is 1. The Balaban J connectivity index is 2.08. The minimum atomic E-state index is 0.264. The zero-order valence-corrected chi connectivity index (χ0v) is 10.4. The Hall–Kier alpha value is -1.26. The van der Waals surface area contributed by atoms with Crippen LogP contribution < -0.4 is 5.73 Å². The number of ether oxygens (including phenoxy) is 1. The van der Waals surface area contributed by atoms with Gasteiger partial charge in [-0.25, -0.2) is 0 Å². The molecule has 0 saturated carbocycles. The molecule has 0 aliphatic rings. The summed E-state index contributed by atoms with van der Waals surface area (Å²) in [6, 6.07) is 7.60. The van der Waals surface area contributed by atoms with Crippen molar-refractivity contribution in [2.45, 2.75) is 25.9 Å². The lowest BCUT2D eigenvalue weighted by atomic mass is 10.2. The Bertz CT molecular complexity index is 369. The summed E-state index contributed by atoms with van der Waals surface area (Å²) < 4.78 is 5.49.